The van der Waals surface area contributed by atoms with Crippen molar-refractivity contribution >= 4 is 11.3 Å². The fourth-order valence-electron chi connectivity index (χ4n) is 2.17. The van der Waals surface area contributed by atoms with E-state index in [2.05, 4.69) is 53.3 Å². The van der Waals surface area contributed by atoms with Crippen LogP contribution in [-0.4, -0.2) is 13.6 Å². The first-order valence-electron chi connectivity index (χ1n) is 6.02. The predicted octanol–water partition coefficient (Wildman–Crippen LogP) is 3.60. The van der Waals surface area contributed by atoms with Crippen LogP contribution in [0.15, 0.2) is 41.1 Å². The molecule has 0 aliphatic heterocycles. The molecule has 2 rings (SSSR count). The third-order valence-corrected chi connectivity index (χ3v) is 3.76. The van der Waals surface area contributed by atoms with Gasteiger partial charge in [0.1, 0.15) is 0 Å². The molecule has 0 aliphatic carbocycles. The lowest BCUT2D eigenvalue weighted by molar-refractivity contribution is 0.626. The summed E-state index contributed by atoms with van der Waals surface area (Å²) in [4.78, 5) is 0. The van der Waals surface area contributed by atoms with Crippen LogP contribution in [-0.2, 0) is 6.42 Å². The van der Waals surface area contributed by atoms with E-state index < -0.39 is 0 Å². The SMILES string of the molecule is CNCC(Cc1ccsc1)c1cccc(C)c1. The highest BCUT2D eigenvalue weighted by Crippen LogP contribution is 2.22. The van der Waals surface area contributed by atoms with Gasteiger partial charge in [-0.25, -0.2) is 0 Å². The maximum atomic E-state index is 3.30. The number of thiophene rings is 1. The highest BCUT2D eigenvalue weighted by molar-refractivity contribution is 7.07. The number of likely N-dealkylation sites (N-methyl/N-ethyl adjacent to an activating group) is 1. The van der Waals surface area contributed by atoms with Gasteiger partial charge in [0.2, 0.25) is 0 Å². The van der Waals surface area contributed by atoms with Crippen LogP contribution in [0.3, 0.4) is 0 Å². The fraction of sp³-hybridized carbons (Fsp3) is 0.333. The molecule has 0 radical (unpaired) electrons. The highest BCUT2D eigenvalue weighted by atomic mass is 32.1. The average molecular weight is 245 g/mol. The number of rotatable bonds is 5. The molecule has 0 aliphatic rings. The van der Waals surface area contributed by atoms with Crippen molar-refractivity contribution in [2.75, 3.05) is 13.6 Å². The van der Waals surface area contributed by atoms with Crippen molar-refractivity contribution < 1.29 is 0 Å². The minimum absolute atomic E-state index is 0.564. The summed E-state index contributed by atoms with van der Waals surface area (Å²) in [5.74, 6) is 0.564. The van der Waals surface area contributed by atoms with Crippen LogP contribution < -0.4 is 5.32 Å². The van der Waals surface area contributed by atoms with Crippen molar-refractivity contribution in [2.45, 2.75) is 19.3 Å². The van der Waals surface area contributed by atoms with Gasteiger partial charge < -0.3 is 5.32 Å². The van der Waals surface area contributed by atoms with Crippen LogP contribution in [0, 0.1) is 6.92 Å². The summed E-state index contributed by atoms with van der Waals surface area (Å²) in [6.07, 6.45) is 1.12. The second-order valence-electron chi connectivity index (χ2n) is 4.50. The van der Waals surface area contributed by atoms with E-state index >= 15 is 0 Å². The zero-order valence-corrected chi connectivity index (χ0v) is 11.3. The monoisotopic (exact) mass is 245 g/mol. The van der Waals surface area contributed by atoms with E-state index in [9.17, 15) is 0 Å². The van der Waals surface area contributed by atoms with Gasteiger partial charge in [0.05, 0.1) is 0 Å². The Morgan fingerprint density at radius 2 is 2.18 bits per heavy atom. The molecule has 2 heteroatoms. The minimum Gasteiger partial charge on any atom is -0.319 e. The van der Waals surface area contributed by atoms with Crippen molar-refractivity contribution in [3.05, 3.63) is 57.8 Å². The molecular weight excluding hydrogens is 226 g/mol. The summed E-state index contributed by atoms with van der Waals surface area (Å²) in [5, 5.41) is 7.70. The van der Waals surface area contributed by atoms with Crippen LogP contribution >= 0.6 is 11.3 Å². The van der Waals surface area contributed by atoms with E-state index in [0.717, 1.165) is 13.0 Å². The first kappa shape index (κ1) is 12.3. The maximum absolute atomic E-state index is 3.30. The topological polar surface area (TPSA) is 12.0 Å². The summed E-state index contributed by atoms with van der Waals surface area (Å²) in [6, 6.07) is 11.1. The van der Waals surface area contributed by atoms with Crippen molar-refractivity contribution in [3.8, 4) is 0 Å². The number of benzene rings is 1. The van der Waals surface area contributed by atoms with E-state index in [1.807, 2.05) is 7.05 Å². The summed E-state index contributed by atoms with van der Waals surface area (Å²) >= 11 is 1.78. The molecule has 0 bridgehead atoms. The molecule has 17 heavy (non-hydrogen) atoms. The molecule has 0 saturated heterocycles. The first-order valence-corrected chi connectivity index (χ1v) is 6.96. The molecule has 1 nitrogen and oxygen atoms in total. The highest BCUT2D eigenvalue weighted by Gasteiger charge is 2.11. The van der Waals surface area contributed by atoms with Crippen molar-refractivity contribution in [1.82, 2.24) is 5.32 Å². The molecule has 1 heterocycles. The molecular formula is C15H19NS. The lowest BCUT2D eigenvalue weighted by Gasteiger charge is -2.17. The van der Waals surface area contributed by atoms with E-state index in [4.69, 9.17) is 0 Å². The van der Waals surface area contributed by atoms with E-state index in [1.165, 1.54) is 16.7 Å². The Labute approximate surface area is 108 Å². The van der Waals surface area contributed by atoms with Gasteiger partial charge in [0.25, 0.3) is 0 Å². The van der Waals surface area contributed by atoms with Gasteiger partial charge in [-0.05, 0) is 48.3 Å². The van der Waals surface area contributed by atoms with Gasteiger partial charge in [-0.15, -0.1) is 0 Å². The zero-order valence-electron chi connectivity index (χ0n) is 10.4. The molecule has 0 spiro atoms. The summed E-state index contributed by atoms with van der Waals surface area (Å²) in [5.41, 5.74) is 4.22. The molecule has 0 saturated carbocycles. The first-order chi connectivity index (χ1) is 8.29. The molecule has 0 fully saturated rings. The zero-order chi connectivity index (χ0) is 12.1. The van der Waals surface area contributed by atoms with Crippen LogP contribution in [0.2, 0.25) is 0 Å². The Kier molecular flexibility index (Phi) is 4.35. The summed E-state index contributed by atoms with van der Waals surface area (Å²) in [6.45, 7) is 3.18. The van der Waals surface area contributed by atoms with Gasteiger partial charge in [-0.1, -0.05) is 29.8 Å². The van der Waals surface area contributed by atoms with E-state index in [-0.39, 0.29) is 0 Å². The minimum atomic E-state index is 0.564. The maximum Gasteiger partial charge on any atom is 0.00203 e. The second kappa shape index (κ2) is 5.99. The fourth-order valence-corrected chi connectivity index (χ4v) is 2.85. The van der Waals surface area contributed by atoms with Crippen molar-refractivity contribution in [1.29, 1.82) is 0 Å². The molecule has 2 aromatic rings. The third-order valence-electron chi connectivity index (χ3n) is 3.03. The Hall–Kier alpha value is -1.12. The van der Waals surface area contributed by atoms with Gasteiger partial charge >= 0.3 is 0 Å². The summed E-state index contributed by atoms with van der Waals surface area (Å²) < 4.78 is 0. The van der Waals surface area contributed by atoms with Crippen LogP contribution in [0.25, 0.3) is 0 Å². The largest absolute Gasteiger partial charge is 0.319 e. The Bertz CT molecular complexity index is 448. The van der Waals surface area contributed by atoms with Crippen LogP contribution in [0.4, 0.5) is 0 Å². The molecule has 1 aromatic carbocycles. The Balaban J connectivity index is 2.16. The molecule has 1 N–H and O–H groups in total. The van der Waals surface area contributed by atoms with Crippen LogP contribution in [0.5, 0.6) is 0 Å². The normalized spacial score (nSPS) is 12.6. The third kappa shape index (κ3) is 3.42. The van der Waals surface area contributed by atoms with Gasteiger partial charge in [-0.2, -0.15) is 11.3 Å². The second-order valence-corrected chi connectivity index (χ2v) is 5.28. The van der Waals surface area contributed by atoms with Crippen LogP contribution in [0.1, 0.15) is 22.6 Å². The quantitative estimate of drug-likeness (QED) is 0.848. The molecule has 1 unspecified atom stereocenters. The average Bonchev–Trinajstić information content (AvgIpc) is 2.81. The standard InChI is InChI=1S/C15H19NS/c1-12-4-3-5-14(8-12)15(10-16-2)9-13-6-7-17-11-13/h3-8,11,15-16H,9-10H2,1-2H3. The van der Waals surface area contributed by atoms with Crippen molar-refractivity contribution in [2.24, 2.45) is 0 Å². The number of nitrogens with one attached hydrogen (secondary N) is 1. The lowest BCUT2D eigenvalue weighted by Crippen LogP contribution is -2.19. The molecule has 1 aromatic heterocycles. The number of hydrogen-bond donors (Lipinski definition) is 1. The predicted molar refractivity (Wildman–Crippen MR) is 75.9 cm³/mol. The lowest BCUT2D eigenvalue weighted by atomic mass is 9.92. The van der Waals surface area contributed by atoms with Gasteiger partial charge in [-0.3, -0.25) is 0 Å². The number of aryl methyl sites for hydroxylation is 1. The van der Waals surface area contributed by atoms with E-state index in [1.54, 1.807) is 11.3 Å². The summed E-state index contributed by atoms with van der Waals surface area (Å²) in [7, 11) is 2.02. The van der Waals surface area contributed by atoms with Gasteiger partial charge in [0.15, 0.2) is 0 Å². The smallest absolute Gasteiger partial charge is 0.00203 e. The van der Waals surface area contributed by atoms with E-state index in [0.29, 0.717) is 5.92 Å². The Morgan fingerprint density at radius 1 is 1.29 bits per heavy atom. The Morgan fingerprint density at radius 3 is 2.82 bits per heavy atom. The van der Waals surface area contributed by atoms with Gasteiger partial charge in [0, 0.05) is 12.5 Å². The molecule has 90 valence electrons. The number of hydrogen-bond acceptors (Lipinski definition) is 2. The molecule has 0 amide bonds. The molecule has 1 atom stereocenters. The van der Waals surface area contributed by atoms with Crippen molar-refractivity contribution in [3.63, 3.8) is 0 Å².